The average molecular weight is 528 g/mol. The van der Waals surface area contributed by atoms with Gasteiger partial charge in [-0.05, 0) is 50.6 Å². The lowest BCUT2D eigenvalue weighted by molar-refractivity contribution is -0.135. The van der Waals surface area contributed by atoms with Crippen molar-refractivity contribution in [1.29, 1.82) is 0 Å². The Labute approximate surface area is 220 Å². The quantitative estimate of drug-likeness (QED) is 0.0786. The molecule has 2 N–H and O–H groups in total. The molecule has 0 radical (unpaired) electrons. The topological polar surface area (TPSA) is 86.2 Å². The number of carbonyl (C=O) groups excluding carboxylic acids is 1. The van der Waals surface area contributed by atoms with Crippen molar-refractivity contribution in [3.63, 3.8) is 0 Å². The zero-order valence-electron chi connectivity index (χ0n) is 22.6. The van der Waals surface area contributed by atoms with Crippen LogP contribution in [0.2, 0.25) is 0 Å². The van der Waals surface area contributed by atoms with Crippen LogP contribution in [0.5, 0.6) is 5.75 Å². The van der Waals surface area contributed by atoms with E-state index in [2.05, 4.69) is 12.2 Å². The van der Waals surface area contributed by atoms with E-state index in [0.29, 0.717) is 26.1 Å². The first kappa shape index (κ1) is 32.8. The van der Waals surface area contributed by atoms with Gasteiger partial charge < -0.3 is 28.7 Å². The normalized spacial score (nSPS) is 12.9. The molecule has 0 spiro atoms. The minimum atomic E-state index is -1.99. The summed E-state index contributed by atoms with van der Waals surface area (Å²) in [4.78, 5) is 20.8. The molecular weight excluding hydrogens is 477 g/mol. The summed E-state index contributed by atoms with van der Waals surface area (Å²) in [6, 6.07) is 7.83. The minimum Gasteiger partial charge on any atom is -0.494 e. The molecule has 208 valence electrons. The third kappa shape index (κ3) is 18.9. The molecule has 7 nitrogen and oxygen atoms in total. The van der Waals surface area contributed by atoms with Crippen LogP contribution in [-0.2, 0) is 25.0 Å². The van der Waals surface area contributed by atoms with Crippen molar-refractivity contribution in [1.82, 2.24) is 5.32 Å². The third-order valence-corrected chi connectivity index (χ3v) is 6.79. The molecule has 8 heteroatoms. The van der Waals surface area contributed by atoms with Crippen LogP contribution >= 0.6 is 8.60 Å². The van der Waals surface area contributed by atoms with E-state index in [1.165, 1.54) is 64.2 Å². The summed E-state index contributed by atoms with van der Waals surface area (Å²) in [6.07, 6.45) is 16.2. The average Bonchev–Trinajstić information content (AvgIpc) is 2.88. The van der Waals surface area contributed by atoms with Crippen LogP contribution in [-0.4, -0.2) is 50.9 Å². The van der Waals surface area contributed by atoms with Gasteiger partial charge in [0.25, 0.3) is 6.47 Å². The maximum atomic E-state index is 10.9. The van der Waals surface area contributed by atoms with E-state index >= 15 is 0 Å². The molecule has 0 aliphatic heterocycles. The number of carbonyl (C=O) groups is 1. The summed E-state index contributed by atoms with van der Waals surface area (Å²) in [6.45, 7) is 4.79. The van der Waals surface area contributed by atoms with Gasteiger partial charge in [0.2, 0.25) is 0 Å². The monoisotopic (exact) mass is 527 g/mol. The number of hydrogen-bond acceptors (Lipinski definition) is 7. The second kappa shape index (κ2) is 24.1. The molecule has 36 heavy (non-hydrogen) atoms. The van der Waals surface area contributed by atoms with Crippen molar-refractivity contribution in [3.05, 3.63) is 29.8 Å². The Balaban J connectivity index is 2.21. The third-order valence-electron chi connectivity index (χ3n) is 6.02. The van der Waals surface area contributed by atoms with Crippen molar-refractivity contribution in [2.24, 2.45) is 0 Å². The summed E-state index contributed by atoms with van der Waals surface area (Å²) in [5, 5.41) is 3.07. The van der Waals surface area contributed by atoms with Gasteiger partial charge in [0.05, 0.1) is 19.8 Å². The summed E-state index contributed by atoms with van der Waals surface area (Å²) in [5.41, 5.74) is 0.983. The number of unbranched alkanes of at least 4 members (excludes halogenated alkanes) is 11. The highest BCUT2D eigenvalue weighted by molar-refractivity contribution is 7.40. The molecule has 0 aliphatic rings. The van der Waals surface area contributed by atoms with E-state index in [-0.39, 0.29) is 6.61 Å². The van der Waals surface area contributed by atoms with Crippen LogP contribution in [0.4, 0.5) is 0 Å². The summed E-state index contributed by atoms with van der Waals surface area (Å²) < 4.78 is 21.8. The molecule has 0 saturated carbocycles. The van der Waals surface area contributed by atoms with E-state index in [1.54, 1.807) is 0 Å². The Kier molecular flexibility index (Phi) is 22.0. The molecule has 0 aliphatic carbocycles. The Bertz CT molecular complexity index is 636. The lowest BCUT2D eigenvalue weighted by Gasteiger charge is -2.18. The molecule has 2 atom stereocenters. The minimum absolute atomic E-state index is 0.0707. The maximum absolute atomic E-state index is 10.9. The SMILES string of the molecule is CCCCCCCCCCCCCOc1cccc(CC(COP(O)OCCCCNC)OC=O)c1. The van der Waals surface area contributed by atoms with Crippen LogP contribution in [0.15, 0.2) is 24.3 Å². The van der Waals surface area contributed by atoms with Gasteiger partial charge in [-0.3, -0.25) is 4.79 Å². The number of hydrogen-bond donors (Lipinski definition) is 2. The smallest absolute Gasteiger partial charge is 0.329 e. The van der Waals surface area contributed by atoms with Gasteiger partial charge in [-0.25, -0.2) is 0 Å². The van der Waals surface area contributed by atoms with Crippen molar-refractivity contribution in [3.8, 4) is 5.75 Å². The molecular formula is C28H50NO6P. The van der Waals surface area contributed by atoms with E-state index in [0.717, 1.165) is 37.1 Å². The molecule has 0 amide bonds. The van der Waals surface area contributed by atoms with Crippen LogP contribution in [0, 0.1) is 0 Å². The molecule has 1 aromatic rings. The van der Waals surface area contributed by atoms with Gasteiger partial charge in [0.1, 0.15) is 11.9 Å². The first-order valence-corrected chi connectivity index (χ1v) is 15.0. The molecule has 1 aromatic carbocycles. The van der Waals surface area contributed by atoms with Crippen LogP contribution in [0.1, 0.15) is 96.0 Å². The van der Waals surface area contributed by atoms with E-state index in [9.17, 15) is 9.69 Å². The van der Waals surface area contributed by atoms with E-state index < -0.39 is 14.7 Å². The molecule has 0 fully saturated rings. The highest BCUT2D eigenvalue weighted by Gasteiger charge is 2.16. The molecule has 0 heterocycles. The highest BCUT2D eigenvalue weighted by atomic mass is 31.2. The molecule has 0 aromatic heterocycles. The summed E-state index contributed by atoms with van der Waals surface area (Å²) in [5.74, 6) is 0.819. The molecule has 1 rings (SSSR count). The summed E-state index contributed by atoms with van der Waals surface area (Å²) >= 11 is 0. The fourth-order valence-corrected chi connectivity index (χ4v) is 4.59. The zero-order chi connectivity index (χ0) is 26.1. The predicted molar refractivity (Wildman–Crippen MR) is 147 cm³/mol. The predicted octanol–water partition coefficient (Wildman–Crippen LogP) is 6.71. The molecule has 0 bridgehead atoms. The molecule has 2 unspecified atom stereocenters. The lowest BCUT2D eigenvalue weighted by atomic mass is 10.1. The van der Waals surface area contributed by atoms with Gasteiger partial charge in [0, 0.05) is 6.42 Å². The Morgan fingerprint density at radius 3 is 2.25 bits per heavy atom. The highest BCUT2D eigenvalue weighted by Crippen LogP contribution is 2.33. The Morgan fingerprint density at radius 2 is 1.58 bits per heavy atom. The summed E-state index contributed by atoms with van der Waals surface area (Å²) in [7, 11) is -0.0872. The van der Waals surface area contributed by atoms with Crippen molar-refractivity contribution in [2.75, 3.05) is 33.4 Å². The van der Waals surface area contributed by atoms with Gasteiger partial charge in [-0.15, -0.1) is 0 Å². The first-order chi connectivity index (χ1) is 17.7. The van der Waals surface area contributed by atoms with Crippen LogP contribution in [0.25, 0.3) is 0 Å². The van der Waals surface area contributed by atoms with Crippen molar-refractivity contribution < 1.29 is 28.2 Å². The largest absolute Gasteiger partial charge is 0.494 e. The van der Waals surface area contributed by atoms with Gasteiger partial charge in [-0.2, -0.15) is 0 Å². The van der Waals surface area contributed by atoms with Crippen LogP contribution < -0.4 is 10.1 Å². The van der Waals surface area contributed by atoms with E-state index in [1.807, 2.05) is 31.3 Å². The van der Waals surface area contributed by atoms with Gasteiger partial charge >= 0.3 is 8.60 Å². The number of nitrogens with one attached hydrogen (secondary N) is 1. The first-order valence-electron chi connectivity index (χ1n) is 13.9. The second-order valence-corrected chi connectivity index (χ2v) is 10.3. The number of rotatable bonds is 26. The number of benzene rings is 1. The van der Waals surface area contributed by atoms with Gasteiger partial charge in [0.15, 0.2) is 0 Å². The standard InChI is InChI=1S/C28H50NO6P/c1-3-4-5-6-7-8-9-10-11-12-14-20-32-27-18-16-17-26(22-27)23-28(33-25-30)24-35-36(31)34-21-15-13-19-29-2/h16-18,22,25,28-29,31H,3-15,19-21,23-24H2,1-2H3. The maximum Gasteiger partial charge on any atom is 0.329 e. The van der Waals surface area contributed by atoms with Crippen LogP contribution in [0.3, 0.4) is 0 Å². The van der Waals surface area contributed by atoms with Gasteiger partial charge in [-0.1, -0.05) is 83.3 Å². The van der Waals surface area contributed by atoms with Crippen molar-refractivity contribution in [2.45, 2.75) is 103 Å². The fourth-order valence-electron chi connectivity index (χ4n) is 3.94. The zero-order valence-corrected chi connectivity index (χ0v) is 23.5. The number of ether oxygens (including phenoxy) is 2. The Morgan fingerprint density at radius 1 is 0.917 bits per heavy atom. The Hall–Kier alpha value is -1.24. The fraction of sp³-hybridized carbons (Fsp3) is 0.750. The second-order valence-electron chi connectivity index (χ2n) is 9.27. The van der Waals surface area contributed by atoms with Crippen molar-refractivity contribution >= 4 is 15.1 Å². The van der Waals surface area contributed by atoms with E-state index in [4.69, 9.17) is 18.5 Å². The lowest BCUT2D eigenvalue weighted by Crippen LogP contribution is -2.21. The molecule has 0 saturated heterocycles.